The molecule has 2 heterocycles. The third-order valence-electron chi connectivity index (χ3n) is 4.03. The fourth-order valence-corrected chi connectivity index (χ4v) is 2.90. The van der Waals surface area contributed by atoms with Crippen molar-refractivity contribution < 1.29 is 9.53 Å². The number of hydrogen-bond donors (Lipinski definition) is 1. The van der Waals surface area contributed by atoms with Crippen LogP contribution in [0, 0.1) is 0 Å². The van der Waals surface area contributed by atoms with E-state index in [-0.39, 0.29) is 6.09 Å². The van der Waals surface area contributed by atoms with Gasteiger partial charge in [0.25, 0.3) is 0 Å². The van der Waals surface area contributed by atoms with Gasteiger partial charge in [0.1, 0.15) is 5.60 Å². The molecule has 20 heavy (non-hydrogen) atoms. The van der Waals surface area contributed by atoms with Crippen LogP contribution in [0.2, 0.25) is 0 Å². The summed E-state index contributed by atoms with van der Waals surface area (Å²) in [6.45, 7) is 9.65. The van der Waals surface area contributed by atoms with E-state index in [0.29, 0.717) is 12.1 Å². The van der Waals surface area contributed by atoms with Crippen LogP contribution in [0.5, 0.6) is 0 Å². The van der Waals surface area contributed by atoms with E-state index in [4.69, 9.17) is 4.74 Å². The zero-order valence-electron chi connectivity index (χ0n) is 13.3. The Hall–Kier alpha value is -0.810. The molecule has 0 saturated carbocycles. The van der Waals surface area contributed by atoms with Crippen molar-refractivity contribution >= 4 is 6.09 Å². The minimum Gasteiger partial charge on any atom is -0.444 e. The Morgan fingerprint density at radius 2 is 1.70 bits per heavy atom. The number of carbonyl (C=O) groups excluding carboxylic acids is 1. The summed E-state index contributed by atoms with van der Waals surface area (Å²) in [5.41, 5.74) is -0.406. The molecule has 0 aromatic carbocycles. The number of rotatable bonds is 2. The lowest BCUT2D eigenvalue weighted by Crippen LogP contribution is -2.46. The van der Waals surface area contributed by atoms with Gasteiger partial charge in [-0.05, 0) is 60.2 Å². The Morgan fingerprint density at radius 3 is 2.30 bits per heavy atom. The Kier molecular flexibility index (Phi) is 4.91. The summed E-state index contributed by atoms with van der Waals surface area (Å²) in [6.07, 6.45) is 3.27. The Bertz CT molecular complexity index is 333. The van der Waals surface area contributed by atoms with Crippen LogP contribution in [-0.4, -0.2) is 66.8 Å². The summed E-state index contributed by atoms with van der Waals surface area (Å²) < 4.78 is 5.43. The van der Waals surface area contributed by atoms with E-state index < -0.39 is 5.60 Å². The average molecular weight is 283 g/mol. The van der Waals surface area contributed by atoms with Gasteiger partial charge in [-0.15, -0.1) is 0 Å². The van der Waals surface area contributed by atoms with Gasteiger partial charge in [-0.2, -0.15) is 0 Å². The Balaban J connectivity index is 1.73. The molecule has 5 nitrogen and oxygen atoms in total. The minimum atomic E-state index is -0.406. The second-order valence-corrected chi connectivity index (χ2v) is 7.16. The van der Waals surface area contributed by atoms with Crippen molar-refractivity contribution in [2.45, 2.75) is 57.7 Å². The minimum absolute atomic E-state index is 0.176. The summed E-state index contributed by atoms with van der Waals surface area (Å²) in [5.74, 6) is 0. The van der Waals surface area contributed by atoms with Crippen molar-refractivity contribution in [2.24, 2.45) is 0 Å². The predicted octanol–water partition coefficient (Wildman–Crippen LogP) is 1.68. The van der Waals surface area contributed by atoms with Crippen molar-refractivity contribution in [3.8, 4) is 0 Å². The lowest BCUT2D eigenvalue weighted by Gasteiger charge is -2.31. The van der Waals surface area contributed by atoms with Gasteiger partial charge in [0, 0.05) is 25.2 Å². The summed E-state index contributed by atoms with van der Waals surface area (Å²) in [4.78, 5) is 16.2. The van der Waals surface area contributed by atoms with E-state index in [1.165, 1.54) is 25.9 Å². The average Bonchev–Trinajstić information content (AvgIpc) is 2.79. The third-order valence-corrected chi connectivity index (χ3v) is 4.03. The van der Waals surface area contributed by atoms with Gasteiger partial charge in [0.15, 0.2) is 0 Å². The van der Waals surface area contributed by atoms with Crippen LogP contribution in [0.1, 0.15) is 40.0 Å². The second-order valence-electron chi connectivity index (χ2n) is 7.16. The van der Waals surface area contributed by atoms with Crippen molar-refractivity contribution in [1.29, 1.82) is 0 Å². The number of hydrogen-bond acceptors (Lipinski definition) is 4. The maximum atomic E-state index is 12.0. The zero-order valence-corrected chi connectivity index (χ0v) is 13.3. The van der Waals surface area contributed by atoms with Crippen molar-refractivity contribution in [3.63, 3.8) is 0 Å². The normalized spacial score (nSPS) is 26.0. The van der Waals surface area contributed by atoms with E-state index in [0.717, 1.165) is 19.5 Å². The first-order valence-corrected chi connectivity index (χ1v) is 7.76. The molecule has 0 aromatic heterocycles. The van der Waals surface area contributed by atoms with Gasteiger partial charge in [-0.1, -0.05) is 0 Å². The van der Waals surface area contributed by atoms with Gasteiger partial charge in [0.2, 0.25) is 0 Å². The van der Waals surface area contributed by atoms with E-state index in [1.54, 1.807) is 0 Å². The molecule has 0 spiro atoms. The number of amides is 1. The third kappa shape index (κ3) is 4.63. The molecule has 1 atom stereocenters. The monoisotopic (exact) mass is 283 g/mol. The number of ether oxygens (including phenoxy) is 1. The maximum Gasteiger partial charge on any atom is 0.410 e. The molecule has 0 radical (unpaired) electrons. The Morgan fingerprint density at radius 1 is 1.10 bits per heavy atom. The molecule has 2 aliphatic heterocycles. The SMILES string of the molecule is CN1CCC(NC2CCN(C(=O)OC(C)(C)C)C2)CC1. The fraction of sp³-hybridized carbons (Fsp3) is 0.933. The topological polar surface area (TPSA) is 44.8 Å². The van der Waals surface area contributed by atoms with Crippen LogP contribution in [-0.2, 0) is 4.74 Å². The number of nitrogens with one attached hydrogen (secondary N) is 1. The molecular formula is C15H29N3O2. The van der Waals surface area contributed by atoms with Crippen LogP contribution >= 0.6 is 0 Å². The van der Waals surface area contributed by atoms with E-state index in [2.05, 4.69) is 17.3 Å². The highest BCUT2D eigenvalue weighted by molar-refractivity contribution is 5.68. The molecule has 1 amide bonds. The molecule has 2 fully saturated rings. The quantitative estimate of drug-likeness (QED) is 0.837. The lowest BCUT2D eigenvalue weighted by atomic mass is 10.0. The van der Waals surface area contributed by atoms with Crippen molar-refractivity contribution in [2.75, 3.05) is 33.2 Å². The van der Waals surface area contributed by atoms with Crippen LogP contribution in [0.25, 0.3) is 0 Å². The van der Waals surface area contributed by atoms with Gasteiger partial charge in [0.05, 0.1) is 0 Å². The van der Waals surface area contributed by atoms with Gasteiger partial charge < -0.3 is 19.9 Å². The summed E-state index contributed by atoms with van der Waals surface area (Å²) in [6, 6.07) is 1.03. The standard InChI is InChI=1S/C15H29N3O2/c1-15(2,3)20-14(19)18-10-7-13(11-18)16-12-5-8-17(4)9-6-12/h12-13,16H,5-11H2,1-4H3. The molecule has 2 saturated heterocycles. The van der Waals surface area contributed by atoms with Crippen LogP contribution < -0.4 is 5.32 Å². The molecule has 0 bridgehead atoms. The van der Waals surface area contributed by atoms with Crippen LogP contribution in [0.3, 0.4) is 0 Å². The molecule has 0 aliphatic carbocycles. The molecule has 2 rings (SSSR count). The second kappa shape index (κ2) is 6.31. The van der Waals surface area contributed by atoms with E-state index in [1.807, 2.05) is 25.7 Å². The van der Waals surface area contributed by atoms with Gasteiger partial charge in [-0.3, -0.25) is 0 Å². The summed E-state index contributed by atoms with van der Waals surface area (Å²) >= 11 is 0. The van der Waals surface area contributed by atoms with Crippen LogP contribution in [0.15, 0.2) is 0 Å². The largest absolute Gasteiger partial charge is 0.444 e. The Labute approximate surface area is 122 Å². The number of nitrogens with zero attached hydrogens (tertiary/aromatic N) is 2. The highest BCUT2D eigenvalue weighted by Crippen LogP contribution is 2.17. The summed E-state index contributed by atoms with van der Waals surface area (Å²) in [7, 11) is 2.18. The van der Waals surface area contributed by atoms with Gasteiger partial charge >= 0.3 is 6.09 Å². The molecule has 1 unspecified atom stereocenters. The van der Waals surface area contributed by atoms with Gasteiger partial charge in [-0.25, -0.2) is 4.79 Å². The summed E-state index contributed by atoms with van der Waals surface area (Å²) in [5, 5.41) is 3.71. The fourth-order valence-electron chi connectivity index (χ4n) is 2.90. The van der Waals surface area contributed by atoms with Crippen LogP contribution in [0.4, 0.5) is 4.79 Å². The first-order chi connectivity index (χ1) is 9.33. The number of piperidine rings is 1. The smallest absolute Gasteiger partial charge is 0.410 e. The highest BCUT2D eigenvalue weighted by atomic mass is 16.6. The van der Waals surface area contributed by atoms with E-state index in [9.17, 15) is 4.79 Å². The molecule has 116 valence electrons. The predicted molar refractivity (Wildman–Crippen MR) is 79.9 cm³/mol. The zero-order chi connectivity index (χ0) is 14.8. The van der Waals surface area contributed by atoms with Crippen molar-refractivity contribution in [1.82, 2.24) is 15.1 Å². The molecule has 5 heteroatoms. The first-order valence-electron chi connectivity index (χ1n) is 7.76. The molecule has 0 aromatic rings. The number of carbonyl (C=O) groups is 1. The lowest BCUT2D eigenvalue weighted by molar-refractivity contribution is 0.0290. The maximum absolute atomic E-state index is 12.0. The number of likely N-dealkylation sites (tertiary alicyclic amines) is 2. The van der Waals surface area contributed by atoms with Crippen molar-refractivity contribution in [3.05, 3.63) is 0 Å². The van der Waals surface area contributed by atoms with E-state index >= 15 is 0 Å². The molecule has 2 aliphatic rings. The molecule has 1 N–H and O–H groups in total. The highest BCUT2D eigenvalue weighted by Gasteiger charge is 2.31. The first kappa shape index (κ1) is 15.6. The molecular weight excluding hydrogens is 254 g/mol.